The summed E-state index contributed by atoms with van der Waals surface area (Å²) in [6, 6.07) is 8.35. The van der Waals surface area contributed by atoms with Gasteiger partial charge in [-0.3, -0.25) is 14.8 Å². The molecule has 0 aliphatic carbocycles. The highest BCUT2D eigenvalue weighted by molar-refractivity contribution is 5.85. The lowest BCUT2D eigenvalue weighted by molar-refractivity contribution is -0.0465. The van der Waals surface area contributed by atoms with Crippen LogP contribution in [-0.2, 0) is 0 Å². The smallest absolute Gasteiger partial charge is 0.0964 e. The molecule has 3 saturated heterocycles. The molecule has 1 aromatic heterocycles. The van der Waals surface area contributed by atoms with Crippen molar-refractivity contribution in [3.8, 4) is 0 Å². The van der Waals surface area contributed by atoms with Crippen LogP contribution in [0.15, 0.2) is 36.7 Å². The Labute approximate surface area is 118 Å². The number of piperazine rings is 3. The standard InChI is InChI=1S/C16H19N3O/c20-16(15-11-18-6-8-19(15)9-7-18)13-3-1-2-12-4-5-17-10-14(12)13/h1-5,10,15-16,20H,6-9,11H2. The van der Waals surface area contributed by atoms with E-state index in [1.54, 1.807) is 6.20 Å². The molecule has 1 aromatic carbocycles. The van der Waals surface area contributed by atoms with Gasteiger partial charge in [0.15, 0.2) is 0 Å². The molecule has 0 saturated carbocycles. The Hall–Kier alpha value is -1.49. The van der Waals surface area contributed by atoms with Gasteiger partial charge in [0.25, 0.3) is 0 Å². The third kappa shape index (κ3) is 1.92. The van der Waals surface area contributed by atoms with Crippen molar-refractivity contribution >= 4 is 10.8 Å². The molecule has 104 valence electrons. The van der Waals surface area contributed by atoms with E-state index in [1.165, 1.54) is 0 Å². The van der Waals surface area contributed by atoms with E-state index in [0.717, 1.165) is 49.1 Å². The molecule has 4 nitrogen and oxygen atoms in total. The summed E-state index contributed by atoms with van der Waals surface area (Å²) in [5, 5.41) is 13.1. The third-order valence-corrected chi connectivity index (χ3v) is 4.72. The van der Waals surface area contributed by atoms with Gasteiger partial charge in [0.05, 0.1) is 12.1 Å². The van der Waals surface area contributed by atoms with Gasteiger partial charge in [-0.05, 0) is 17.0 Å². The molecule has 3 aliphatic rings. The molecule has 5 rings (SSSR count). The molecule has 2 unspecified atom stereocenters. The Balaban J connectivity index is 1.72. The summed E-state index contributed by atoms with van der Waals surface area (Å²) in [6.07, 6.45) is 3.23. The predicted molar refractivity (Wildman–Crippen MR) is 78.5 cm³/mol. The minimum absolute atomic E-state index is 0.211. The monoisotopic (exact) mass is 269 g/mol. The minimum Gasteiger partial charge on any atom is -0.387 e. The molecular formula is C16H19N3O. The molecule has 2 bridgehead atoms. The van der Waals surface area contributed by atoms with Crippen LogP contribution in [0.3, 0.4) is 0 Å². The molecule has 20 heavy (non-hydrogen) atoms. The highest BCUT2D eigenvalue weighted by atomic mass is 16.3. The molecular weight excluding hydrogens is 250 g/mol. The van der Waals surface area contributed by atoms with Gasteiger partial charge in [0.1, 0.15) is 0 Å². The third-order valence-electron chi connectivity index (χ3n) is 4.72. The van der Waals surface area contributed by atoms with E-state index in [1.807, 2.05) is 24.4 Å². The van der Waals surface area contributed by atoms with Crippen molar-refractivity contribution in [2.45, 2.75) is 12.1 Å². The van der Waals surface area contributed by atoms with Crippen molar-refractivity contribution in [2.24, 2.45) is 0 Å². The van der Waals surface area contributed by atoms with Crippen LogP contribution in [0.4, 0.5) is 0 Å². The number of benzene rings is 1. The molecule has 0 amide bonds. The lowest BCUT2D eigenvalue weighted by Gasteiger charge is -2.49. The fourth-order valence-electron chi connectivity index (χ4n) is 3.56. The maximum absolute atomic E-state index is 10.9. The topological polar surface area (TPSA) is 39.6 Å². The van der Waals surface area contributed by atoms with E-state index in [0.29, 0.717) is 0 Å². The Bertz CT molecular complexity index is 617. The van der Waals surface area contributed by atoms with Gasteiger partial charge in [-0.15, -0.1) is 0 Å². The van der Waals surface area contributed by atoms with E-state index in [4.69, 9.17) is 0 Å². The van der Waals surface area contributed by atoms with Gasteiger partial charge in [-0.25, -0.2) is 0 Å². The van der Waals surface area contributed by atoms with Gasteiger partial charge in [0.2, 0.25) is 0 Å². The van der Waals surface area contributed by atoms with Crippen molar-refractivity contribution in [3.63, 3.8) is 0 Å². The van der Waals surface area contributed by atoms with Gasteiger partial charge < -0.3 is 5.11 Å². The van der Waals surface area contributed by atoms with E-state index in [2.05, 4.69) is 20.9 Å². The summed E-state index contributed by atoms with van der Waals surface area (Å²) in [7, 11) is 0. The second-order valence-electron chi connectivity index (χ2n) is 5.79. The van der Waals surface area contributed by atoms with Crippen LogP contribution in [0.2, 0.25) is 0 Å². The fourth-order valence-corrected chi connectivity index (χ4v) is 3.56. The number of aliphatic hydroxyl groups excluding tert-OH is 1. The van der Waals surface area contributed by atoms with Crippen LogP contribution >= 0.6 is 0 Å². The number of aromatic nitrogens is 1. The molecule has 2 aromatic rings. The van der Waals surface area contributed by atoms with Crippen molar-refractivity contribution in [2.75, 3.05) is 32.7 Å². The lowest BCUT2D eigenvalue weighted by Crippen LogP contribution is -2.62. The van der Waals surface area contributed by atoms with Crippen LogP contribution in [0, 0.1) is 0 Å². The Morgan fingerprint density at radius 3 is 2.75 bits per heavy atom. The molecule has 3 fully saturated rings. The largest absolute Gasteiger partial charge is 0.387 e. The molecule has 2 atom stereocenters. The number of fused-ring (bicyclic) bond motifs is 4. The van der Waals surface area contributed by atoms with E-state index in [-0.39, 0.29) is 6.04 Å². The molecule has 3 aliphatic heterocycles. The predicted octanol–water partition coefficient (Wildman–Crippen LogP) is 1.27. The highest BCUT2D eigenvalue weighted by Crippen LogP contribution is 2.31. The summed E-state index contributed by atoms with van der Waals surface area (Å²) >= 11 is 0. The number of rotatable bonds is 2. The second kappa shape index (κ2) is 4.81. The van der Waals surface area contributed by atoms with Gasteiger partial charge in [-0.1, -0.05) is 18.2 Å². The van der Waals surface area contributed by atoms with Gasteiger partial charge >= 0.3 is 0 Å². The van der Waals surface area contributed by atoms with E-state index in [9.17, 15) is 5.11 Å². The van der Waals surface area contributed by atoms with Crippen LogP contribution in [0.5, 0.6) is 0 Å². The Kier molecular flexibility index (Phi) is 2.95. The summed E-state index contributed by atoms with van der Waals surface area (Å²) in [6.45, 7) is 5.40. The first-order valence-electron chi connectivity index (χ1n) is 7.30. The zero-order valence-electron chi connectivity index (χ0n) is 11.4. The summed E-state index contributed by atoms with van der Waals surface area (Å²) < 4.78 is 0. The maximum Gasteiger partial charge on any atom is 0.0964 e. The maximum atomic E-state index is 10.9. The molecule has 4 heteroatoms. The highest BCUT2D eigenvalue weighted by Gasteiger charge is 2.36. The molecule has 0 spiro atoms. The van der Waals surface area contributed by atoms with Crippen LogP contribution in [-0.4, -0.2) is 58.7 Å². The first kappa shape index (κ1) is 12.3. The van der Waals surface area contributed by atoms with Gasteiger partial charge in [-0.2, -0.15) is 0 Å². The Morgan fingerprint density at radius 2 is 2.00 bits per heavy atom. The first-order valence-corrected chi connectivity index (χ1v) is 7.30. The Morgan fingerprint density at radius 1 is 1.15 bits per heavy atom. The number of aliphatic hydroxyl groups is 1. The number of pyridine rings is 1. The average Bonchev–Trinajstić information content (AvgIpc) is 2.54. The molecule has 4 heterocycles. The zero-order chi connectivity index (χ0) is 13.5. The molecule has 0 radical (unpaired) electrons. The quantitative estimate of drug-likeness (QED) is 0.891. The van der Waals surface area contributed by atoms with E-state index < -0.39 is 6.10 Å². The summed E-state index contributed by atoms with van der Waals surface area (Å²) in [5.41, 5.74) is 1.01. The fraction of sp³-hybridized carbons (Fsp3) is 0.438. The van der Waals surface area contributed by atoms with Crippen LogP contribution < -0.4 is 0 Å². The van der Waals surface area contributed by atoms with Crippen molar-refractivity contribution < 1.29 is 5.11 Å². The first-order chi connectivity index (χ1) is 9.83. The van der Waals surface area contributed by atoms with Gasteiger partial charge in [0, 0.05) is 50.5 Å². The van der Waals surface area contributed by atoms with Crippen molar-refractivity contribution in [3.05, 3.63) is 42.2 Å². The van der Waals surface area contributed by atoms with Crippen LogP contribution in [0.25, 0.3) is 10.8 Å². The average molecular weight is 269 g/mol. The molecule has 1 N–H and O–H groups in total. The number of nitrogens with zero attached hydrogens (tertiary/aromatic N) is 3. The second-order valence-corrected chi connectivity index (χ2v) is 5.79. The minimum atomic E-state index is -0.439. The summed E-state index contributed by atoms with van der Waals surface area (Å²) in [4.78, 5) is 9.10. The van der Waals surface area contributed by atoms with Crippen LogP contribution in [0.1, 0.15) is 11.7 Å². The van der Waals surface area contributed by atoms with E-state index >= 15 is 0 Å². The number of hydrogen-bond acceptors (Lipinski definition) is 4. The SMILES string of the molecule is OC(c1cccc2ccncc12)C1CN2CCN1CC2. The lowest BCUT2D eigenvalue weighted by atomic mass is 9.93. The normalized spacial score (nSPS) is 30.6. The zero-order valence-corrected chi connectivity index (χ0v) is 11.4. The summed E-state index contributed by atoms with van der Waals surface area (Å²) in [5.74, 6) is 0. The van der Waals surface area contributed by atoms with Crippen molar-refractivity contribution in [1.82, 2.24) is 14.8 Å². The number of hydrogen-bond donors (Lipinski definition) is 1. The van der Waals surface area contributed by atoms with Crippen molar-refractivity contribution in [1.29, 1.82) is 0 Å².